The Bertz CT molecular complexity index is 4810. The minimum absolute atomic E-state index is 0. The van der Waals surface area contributed by atoms with Crippen molar-refractivity contribution in [2.75, 3.05) is 0 Å². The number of nitrogens with zero attached hydrogens (tertiary/aromatic N) is 16. The minimum atomic E-state index is -10.7. The zero-order chi connectivity index (χ0) is 90.4. The van der Waals surface area contributed by atoms with Crippen LogP contribution in [0.3, 0.4) is 0 Å². The Morgan fingerprint density at radius 2 is 0.270 bits per heavy atom. The van der Waals surface area contributed by atoms with Crippen molar-refractivity contribution < 1.29 is 135 Å². The molecule has 0 fully saturated rings. The van der Waals surface area contributed by atoms with Crippen LogP contribution in [0.4, 0.5) is 101 Å². The average Bonchev–Trinajstić information content (AvgIpc) is 1.21. The van der Waals surface area contributed by atoms with E-state index in [1.165, 1.54) is 0 Å². The normalized spacial score (nSPS) is 13.1. The summed E-state index contributed by atoms with van der Waals surface area (Å²) in [6, 6.07) is 78.6. The molecule has 0 aliphatic carbocycles. The van der Waals surface area contributed by atoms with Crippen LogP contribution in [0.5, 0.6) is 0 Å². The Hall–Kier alpha value is -12.5. The molecule has 0 saturated carbocycles. The summed E-state index contributed by atoms with van der Waals surface area (Å²) in [6.45, 7) is 0. The molecule has 0 unspecified atom stereocenters. The summed E-state index contributed by atoms with van der Waals surface area (Å²) in [5, 5.41) is 0. The molecule has 0 radical (unpaired) electrons. The molecule has 16 nitrogen and oxygen atoms in total. The van der Waals surface area contributed by atoms with Crippen molar-refractivity contribution in [1.29, 1.82) is 0 Å². The molecular formula is C80H56F24Fe2N16P4. The van der Waals surface area contributed by atoms with Gasteiger partial charge in [0.1, 0.15) is 0 Å². The maximum Gasteiger partial charge on any atom is 2.00 e. The largest absolute Gasteiger partial charge is 2.00 e. The molecule has 0 aliphatic rings. The van der Waals surface area contributed by atoms with Crippen molar-refractivity contribution in [3.63, 3.8) is 0 Å². The fourth-order valence-electron chi connectivity index (χ4n) is 10.1. The molecule has 126 heavy (non-hydrogen) atoms. The van der Waals surface area contributed by atoms with Crippen LogP contribution in [0.15, 0.2) is 342 Å². The van der Waals surface area contributed by atoms with Crippen LogP contribution in [0, 0.1) is 0 Å². The standard InChI is InChI=1S/4C20H14N4.4F6P.2Fe/c4*1-3-10-22-17(7-1)19-12-16(15-6-5-9-21-14-15)13-20(24-19)18-8-2-4-11-23-18;4*1-7(2,3,4,5)6;;/h4*1-14H;;;;;;/q;;;;4*-1;2*+2. The molecule has 0 spiro atoms. The summed E-state index contributed by atoms with van der Waals surface area (Å²) in [5.74, 6) is 0. The van der Waals surface area contributed by atoms with E-state index < -0.39 is 31.2 Å². The van der Waals surface area contributed by atoms with Gasteiger partial charge in [0.05, 0.1) is 91.1 Å². The molecule has 0 aliphatic heterocycles. The van der Waals surface area contributed by atoms with Crippen molar-refractivity contribution in [3.05, 3.63) is 342 Å². The van der Waals surface area contributed by atoms with Crippen molar-refractivity contribution in [2.45, 2.75) is 0 Å². The first-order valence-electron chi connectivity index (χ1n) is 34.7. The minimum Gasteiger partial charge on any atom is -0.264 e. The van der Waals surface area contributed by atoms with Crippen LogP contribution in [0.25, 0.3) is 136 Å². The van der Waals surface area contributed by atoms with Gasteiger partial charge in [0.2, 0.25) is 0 Å². The van der Waals surface area contributed by atoms with Gasteiger partial charge >= 0.3 is 166 Å². The van der Waals surface area contributed by atoms with E-state index in [0.29, 0.717) is 0 Å². The van der Waals surface area contributed by atoms with Gasteiger partial charge in [-0.25, -0.2) is 19.9 Å². The Morgan fingerprint density at radius 3 is 0.365 bits per heavy atom. The summed E-state index contributed by atoms with van der Waals surface area (Å²) in [6.07, 6.45) is 28.6. The Labute approximate surface area is 719 Å². The molecule has 16 rings (SSSR count). The van der Waals surface area contributed by atoms with Gasteiger partial charge in [-0.15, -0.1) is 0 Å². The number of pyridine rings is 16. The van der Waals surface area contributed by atoms with E-state index in [1.807, 2.05) is 267 Å². The summed E-state index contributed by atoms with van der Waals surface area (Å²) < 4.78 is 237. The number of aromatic nitrogens is 16. The third-order valence-electron chi connectivity index (χ3n) is 14.7. The van der Waals surface area contributed by atoms with E-state index in [0.717, 1.165) is 136 Å². The van der Waals surface area contributed by atoms with E-state index in [4.69, 9.17) is 19.9 Å². The third-order valence-corrected chi connectivity index (χ3v) is 14.7. The third kappa shape index (κ3) is 42.2. The van der Waals surface area contributed by atoms with Gasteiger partial charge in [0.15, 0.2) is 0 Å². The Morgan fingerprint density at radius 1 is 0.143 bits per heavy atom. The van der Waals surface area contributed by atoms with Gasteiger partial charge in [0, 0.05) is 121 Å². The molecule has 0 aromatic carbocycles. The summed E-state index contributed by atoms with van der Waals surface area (Å²) in [7, 11) is -42.6. The fraction of sp³-hybridized carbons (Fsp3) is 0. The number of rotatable bonds is 12. The quantitative estimate of drug-likeness (QED) is 0.0633. The second-order valence-corrected chi connectivity index (χ2v) is 32.7. The van der Waals surface area contributed by atoms with Gasteiger partial charge in [-0.05, 0) is 192 Å². The monoisotopic (exact) mass is 1930 g/mol. The van der Waals surface area contributed by atoms with Crippen LogP contribution in [0.1, 0.15) is 0 Å². The SMILES string of the molecule is F[P-](F)(F)(F)(F)F.F[P-](F)(F)(F)(F)F.F[P-](F)(F)(F)(F)F.F[P-](F)(F)(F)(F)F.[Fe+2].[Fe+2].c1ccc(-c2cc(-c3cccnc3)cc(-c3ccccn3)n2)nc1.c1ccc(-c2cc(-c3cccnc3)cc(-c3ccccn3)n2)nc1.c1ccc(-c2cc(-c3cccnc3)cc(-c3ccccn3)n2)nc1.c1ccc(-c2cc(-c3cccnc3)cc(-c3ccccn3)n2)nc1. The van der Waals surface area contributed by atoms with Crippen molar-refractivity contribution >= 4 is 31.2 Å². The van der Waals surface area contributed by atoms with Crippen LogP contribution in [-0.2, 0) is 34.1 Å². The molecule has 46 heteroatoms. The number of hydrogen-bond donors (Lipinski definition) is 0. The van der Waals surface area contributed by atoms with Gasteiger partial charge < -0.3 is 0 Å². The maximum absolute atomic E-state index is 10.7. The zero-order valence-electron chi connectivity index (χ0n) is 63.1. The molecule has 0 saturated heterocycles. The smallest absolute Gasteiger partial charge is 0.264 e. The van der Waals surface area contributed by atoms with Gasteiger partial charge in [-0.3, -0.25) is 59.8 Å². The van der Waals surface area contributed by atoms with Crippen molar-refractivity contribution in [1.82, 2.24) is 79.7 Å². The molecule has 0 amide bonds. The van der Waals surface area contributed by atoms with Crippen molar-refractivity contribution in [2.24, 2.45) is 0 Å². The first-order valence-corrected chi connectivity index (χ1v) is 42.8. The molecule has 16 heterocycles. The van der Waals surface area contributed by atoms with E-state index in [-0.39, 0.29) is 34.1 Å². The Balaban J connectivity index is 0.000000208. The first-order chi connectivity index (χ1) is 57.4. The fourth-order valence-corrected chi connectivity index (χ4v) is 10.1. The maximum atomic E-state index is 9.87. The van der Waals surface area contributed by atoms with Crippen LogP contribution in [0.2, 0.25) is 0 Å². The van der Waals surface area contributed by atoms with Gasteiger partial charge in [-0.1, -0.05) is 72.8 Å². The van der Waals surface area contributed by atoms with E-state index in [1.54, 1.807) is 74.4 Å². The van der Waals surface area contributed by atoms with Crippen molar-refractivity contribution in [3.8, 4) is 136 Å². The molecule has 0 bridgehead atoms. The second kappa shape index (κ2) is 38.1. The van der Waals surface area contributed by atoms with E-state index in [9.17, 15) is 101 Å². The summed E-state index contributed by atoms with van der Waals surface area (Å²) in [4.78, 5) is 71.2. The molecule has 0 atom stereocenters. The first kappa shape index (κ1) is 101. The second-order valence-electron chi connectivity index (χ2n) is 25.0. The topological polar surface area (TPSA) is 206 Å². The molecule has 660 valence electrons. The zero-order valence-corrected chi connectivity index (χ0v) is 68.8. The predicted octanol–water partition coefficient (Wildman–Crippen LogP) is 30.6. The molecular weight excluding hydrogens is 1880 g/mol. The number of hydrogen-bond acceptors (Lipinski definition) is 16. The predicted molar refractivity (Wildman–Crippen MR) is 430 cm³/mol. The van der Waals surface area contributed by atoms with Crippen LogP contribution in [-0.4, -0.2) is 79.7 Å². The Kier molecular flexibility index (Phi) is 30.4. The number of halogens is 24. The molecule has 16 aromatic rings. The van der Waals surface area contributed by atoms with Crippen LogP contribution >= 0.6 is 31.2 Å². The van der Waals surface area contributed by atoms with E-state index in [2.05, 4.69) is 59.8 Å². The molecule has 0 N–H and O–H groups in total. The summed E-state index contributed by atoms with van der Waals surface area (Å²) >= 11 is 0. The average molecular weight is 1930 g/mol. The van der Waals surface area contributed by atoms with Gasteiger partial charge in [-0.2, -0.15) is 0 Å². The molecule has 16 aromatic heterocycles. The van der Waals surface area contributed by atoms with Gasteiger partial charge in [0.25, 0.3) is 0 Å². The summed E-state index contributed by atoms with van der Waals surface area (Å²) in [5.41, 5.74) is 21.5. The van der Waals surface area contributed by atoms with E-state index >= 15 is 0 Å². The van der Waals surface area contributed by atoms with Crippen LogP contribution < -0.4 is 0 Å².